The van der Waals surface area contributed by atoms with Crippen LogP contribution in [0.2, 0.25) is 0 Å². The Balaban J connectivity index is 1.63. The molecule has 0 fully saturated rings. The number of nitrogen functional groups attached to an aromatic ring is 1. The molecule has 3 nitrogen and oxygen atoms in total. The fourth-order valence-electron chi connectivity index (χ4n) is 2.82. The Kier molecular flexibility index (Phi) is 6.49. The van der Waals surface area contributed by atoms with Crippen molar-refractivity contribution in [1.29, 1.82) is 0 Å². The van der Waals surface area contributed by atoms with Gasteiger partial charge in [0.25, 0.3) is 0 Å². The molecular formula is C24H21N3S2. The van der Waals surface area contributed by atoms with Crippen molar-refractivity contribution in [2.24, 2.45) is 0 Å². The van der Waals surface area contributed by atoms with E-state index >= 15 is 0 Å². The second kappa shape index (κ2) is 9.63. The van der Waals surface area contributed by atoms with Crippen LogP contribution in [0, 0.1) is 0 Å². The van der Waals surface area contributed by atoms with E-state index in [1.54, 1.807) is 23.5 Å². The number of anilines is 1. The lowest BCUT2D eigenvalue weighted by molar-refractivity contribution is 0.986. The summed E-state index contributed by atoms with van der Waals surface area (Å²) < 4.78 is 0. The second-order valence-corrected chi connectivity index (χ2v) is 8.41. The van der Waals surface area contributed by atoms with Crippen LogP contribution >= 0.6 is 23.5 Å². The Morgan fingerprint density at radius 1 is 0.586 bits per heavy atom. The molecule has 0 aliphatic rings. The molecule has 2 N–H and O–H groups in total. The van der Waals surface area contributed by atoms with Crippen LogP contribution in [0.25, 0.3) is 11.4 Å². The topological polar surface area (TPSA) is 51.8 Å². The smallest absolute Gasteiger partial charge is 0.161 e. The van der Waals surface area contributed by atoms with Crippen molar-refractivity contribution in [3.8, 4) is 11.4 Å². The highest BCUT2D eigenvalue weighted by Gasteiger charge is 2.14. The van der Waals surface area contributed by atoms with Crippen LogP contribution in [0.15, 0.2) is 101 Å². The molecule has 0 aliphatic carbocycles. The number of rotatable bonds is 7. The summed E-state index contributed by atoms with van der Waals surface area (Å²) in [5, 5.41) is 1.66. The fourth-order valence-corrected chi connectivity index (χ4v) is 4.68. The number of nitrogens with zero attached hydrogens (tertiary/aromatic N) is 2. The molecule has 0 saturated carbocycles. The predicted octanol–water partition coefficient (Wildman–Crippen LogP) is 6.31. The monoisotopic (exact) mass is 415 g/mol. The van der Waals surface area contributed by atoms with E-state index in [2.05, 4.69) is 48.5 Å². The zero-order valence-electron chi connectivity index (χ0n) is 15.9. The minimum Gasteiger partial charge on any atom is -0.394 e. The normalized spacial score (nSPS) is 10.8. The molecule has 4 rings (SSSR count). The van der Waals surface area contributed by atoms with Crippen molar-refractivity contribution in [3.63, 3.8) is 0 Å². The Morgan fingerprint density at radius 3 is 1.45 bits per heavy atom. The van der Waals surface area contributed by atoms with E-state index in [0.717, 1.165) is 27.1 Å². The van der Waals surface area contributed by atoms with Crippen LogP contribution in [0.5, 0.6) is 0 Å². The fraction of sp³-hybridized carbons (Fsp3) is 0.0833. The Labute approximate surface area is 179 Å². The summed E-state index contributed by atoms with van der Waals surface area (Å²) in [6.45, 7) is 0. The molecule has 0 bridgehead atoms. The van der Waals surface area contributed by atoms with Gasteiger partial charge in [0.2, 0.25) is 0 Å². The van der Waals surface area contributed by atoms with Gasteiger partial charge in [0.1, 0.15) is 10.1 Å². The average Bonchev–Trinajstić information content (AvgIpc) is 2.79. The van der Waals surface area contributed by atoms with E-state index < -0.39 is 0 Å². The van der Waals surface area contributed by atoms with Crippen molar-refractivity contribution in [1.82, 2.24) is 9.97 Å². The van der Waals surface area contributed by atoms with Crippen LogP contribution in [-0.4, -0.2) is 9.97 Å². The molecule has 29 heavy (non-hydrogen) atoms. The van der Waals surface area contributed by atoms with Crippen molar-refractivity contribution < 1.29 is 0 Å². The zero-order valence-corrected chi connectivity index (χ0v) is 17.5. The van der Waals surface area contributed by atoms with Crippen LogP contribution in [0.4, 0.5) is 5.69 Å². The highest BCUT2D eigenvalue weighted by atomic mass is 32.2. The van der Waals surface area contributed by atoms with Gasteiger partial charge in [-0.2, -0.15) is 0 Å². The molecule has 0 radical (unpaired) electrons. The minimum absolute atomic E-state index is 0.659. The predicted molar refractivity (Wildman–Crippen MR) is 124 cm³/mol. The standard InChI is InChI=1S/C24H21N3S2/c25-21-23(28-16-18-10-4-1-5-11-18)26-22(20-14-8-3-9-15-20)27-24(21)29-17-19-12-6-2-7-13-19/h1-15H,16-17,25H2. The summed E-state index contributed by atoms with van der Waals surface area (Å²) in [6.07, 6.45) is 0. The van der Waals surface area contributed by atoms with E-state index in [-0.39, 0.29) is 0 Å². The number of benzene rings is 3. The molecule has 0 saturated heterocycles. The number of nitrogens with two attached hydrogens (primary N) is 1. The molecule has 0 aliphatic heterocycles. The van der Waals surface area contributed by atoms with Gasteiger partial charge in [-0.15, -0.1) is 0 Å². The van der Waals surface area contributed by atoms with Crippen molar-refractivity contribution in [2.45, 2.75) is 21.6 Å². The largest absolute Gasteiger partial charge is 0.394 e. The van der Waals surface area contributed by atoms with E-state index in [1.165, 1.54) is 11.1 Å². The lowest BCUT2D eigenvalue weighted by Crippen LogP contribution is -2.02. The van der Waals surface area contributed by atoms with Gasteiger partial charge in [0.15, 0.2) is 5.82 Å². The maximum Gasteiger partial charge on any atom is 0.161 e. The SMILES string of the molecule is Nc1c(SCc2ccccc2)nc(-c2ccccc2)nc1SCc1ccccc1. The van der Waals surface area contributed by atoms with Gasteiger partial charge < -0.3 is 5.73 Å². The van der Waals surface area contributed by atoms with Gasteiger partial charge in [0.05, 0.1) is 5.69 Å². The first-order valence-corrected chi connectivity index (χ1v) is 11.3. The van der Waals surface area contributed by atoms with E-state index in [9.17, 15) is 0 Å². The van der Waals surface area contributed by atoms with E-state index in [1.807, 2.05) is 42.5 Å². The molecule has 5 heteroatoms. The number of hydrogen-bond acceptors (Lipinski definition) is 5. The molecule has 4 aromatic rings. The maximum absolute atomic E-state index is 6.49. The van der Waals surface area contributed by atoms with Crippen LogP contribution < -0.4 is 5.73 Å². The molecular weight excluding hydrogens is 394 g/mol. The molecule has 0 amide bonds. The quantitative estimate of drug-likeness (QED) is 0.283. The van der Waals surface area contributed by atoms with E-state index in [4.69, 9.17) is 15.7 Å². The van der Waals surface area contributed by atoms with Gasteiger partial charge in [-0.05, 0) is 11.1 Å². The van der Waals surface area contributed by atoms with Gasteiger partial charge in [-0.1, -0.05) is 115 Å². The van der Waals surface area contributed by atoms with Gasteiger partial charge in [0, 0.05) is 17.1 Å². The van der Waals surface area contributed by atoms with Gasteiger partial charge >= 0.3 is 0 Å². The molecule has 0 atom stereocenters. The Morgan fingerprint density at radius 2 is 1.00 bits per heavy atom. The first kappa shape index (κ1) is 19.6. The summed E-state index contributed by atoms with van der Waals surface area (Å²) in [7, 11) is 0. The first-order chi connectivity index (χ1) is 14.3. The third-order valence-electron chi connectivity index (χ3n) is 4.34. The van der Waals surface area contributed by atoms with Crippen LogP contribution in [0.3, 0.4) is 0 Å². The molecule has 0 unspecified atom stereocenters. The van der Waals surface area contributed by atoms with Gasteiger partial charge in [-0.25, -0.2) is 9.97 Å². The number of hydrogen-bond donors (Lipinski definition) is 1. The molecule has 1 aromatic heterocycles. The minimum atomic E-state index is 0.659. The molecule has 1 heterocycles. The lowest BCUT2D eigenvalue weighted by Gasteiger charge is -2.12. The summed E-state index contributed by atoms with van der Waals surface area (Å²) in [5.74, 6) is 2.35. The first-order valence-electron chi connectivity index (χ1n) is 9.36. The van der Waals surface area contributed by atoms with Crippen LogP contribution in [0.1, 0.15) is 11.1 Å². The molecule has 144 valence electrons. The summed E-state index contributed by atoms with van der Waals surface area (Å²) in [4.78, 5) is 9.57. The third-order valence-corrected chi connectivity index (χ3v) is 6.47. The highest BCUT2D eigenvalue weighted by molar-refractivity contribution is 7.99. The summed E-state index contributed by atoms with van der Waals surface area (Å²) >= 11 is 3.31. The summed E-state index contributed by atoms with van der Waals surface area (Å²) in [5.41, 5.74) is 10.6. The van der Waals surface area contributed by atoms with Crippen molar-refractivity contribution in [3.05, 3.63) is 102 Å². The number of thioether (sulfide) groups is 2. The zero-order chi connectivity index (χ0) is 19.9. The van der Waals surface area contributed by atoms with Crippen molar-refractivity contribution >= 4 is 29.2 Å². The van der Waals surface area contributed by atoms with Crippen LogP contribution in [-0.2, 0) is 11.5 Å². The van der Waals surface area contributed by atoms with E-state index in [0.29, 0.717) is 11.5 Å². The summed E-state index contributed by atoms with van der Waals surface area (Å²) in [6, 6.07) is 30.8. The maximum atomic E-state index is 6.49. The Hall–Kier alpha value is -2.76. The second-order valence-electron chi connectivity index (χ2n) is 6.49. The lowest BCUT2D eigenvalue weighted by atomic mass is 10.2. The highest BCUT2D eigenvalue weighted by Crippen LogP contribution is 2.36. The third kappa shape index (κ3) is 5.19. The average molecular weight is 416 g/mol. The molecule has 0 spiro atoms. The Bertz CT molecular complexity index is 991. The number of aromatic nitrogens is 2. The van der Waals surface area contributed by atoms with Gasteiger partial charge in [-0.3, -0.25) is 0 Å². The molecule has 3 aromatic carbocycles. The van der Waals surface area contributed by atoms with Crippen molar-refractivity contribution in [2.75, 3.05) is 5.73 Å².